The van der Waals surface area contributed by atoms with Gasteiger partial charge in [-0.25, -0.2) is 0 Å². The van der Waals surface area contributed by atoms with Crippen LogP contribution < -0.4 is 35.8 Å². The third kappa shape index (κ3) is 6.13. The molecule has 3 aliphatic heterocycles. The predicted octanol–water partition coefficient (Wildman–Crippen LogP) is 13.7. The second kappa shape index (κ2) is 15.0. The SMILES string of the molecule is CC1=CCC(N2c3ccc(C)cc3B3c4ccc(N(c5ccccc5)c5ccc6c(c5)C(C)(C)c5ccccc5O6)cc4N(c4ccc(C5=CCCC=C5)cc4)c4cccc2c43)C=C1. The van der Waals surface area contributed by atoms with Gasteiger partial charge in [0, 0.05) is 62.0 Å². The van der Waals surface area contributed by atoms with Crippen LogP contribution >= 0.6 is 0 Å². The summed E-state index contributed by atoms with van der Waals surface area (Å²) in [6.07, 6.45) is 17.2. The highest BCUT2D eigenvalue weighted by Crippen LogP contribution is 2.51. The molecule has 0 aromatic heterocycles. The molecule has 310 valence electrons. The first-order valence-corrected chi connectivity index (χ1v) is 22.9. The first-order valence-electron chi connectivity index (χ1n) is 22.9. The van der Waals surface area contributed by atoms with Gasteiger partial charge in [0.25, 0.3) is 6.71 Å². The molecule has 0 N–H and O–H groups in total. The van der Waals surface area contributed by atoms with Gasteiger partial charge in [0.1, 0.15) is 11.5 Å². The van der Waals surface area contributed by atoms with E-state index in [4.69, 9.17) is 4.74 Å². The Morgan fingerprint density at radius 1 is 0.609 bits per heavy atom. The highest BCUT2D eigenvalue weighted by molar-refractivity contribution is 7.00. The minimum atomic E-state index is -0.255. The Morgan fingerprint density at radius 2 is 1.39 bits per heavy atom. The number of aryl methyl sites for hydroxylation is 1. The Balaban J connectivity index is 1.07. The van der Waals surface area contributed by atoms with E-state index < -0.39 is 0 Å². The predicted molar refractivity (Wildman–Crippen MR) is 270 cm³/mol. The van der Waals surface area contributed by atoms with Crippen LogP contribution in [0.3, 0.4) is 0 Å². The molecule has 5 aliphatic rings. The highest BCUT2D eigenvalue weighted by atomic mass is 16.5. The van der Waals surface area contributed by atoms with Gasteiger partial charge in [-0.15, -0.1) is 0 Å². The number of nitrogens with zero attached hydrogens (tertiary/aromatic N) is 3. The lowest BCUT2D eigenvalue weighted by Gasteiger charge is -2.46. The van der Waals surface area contributed by atoms with Crippen molar-refractivity contribution in [1.29, 1.82) is 0 Å². The van der Waals surface area contributed by atoms with Crippen LogP contribution in [0.5, 0.6) is 11.5 Å². The van der Waals surface area contributed by atoms with E-state index in [0.717, 1.165) is 53.5 Å². The first-order chi connectivity index (χ1) is 31.3. The minimum Gasteiger partial charge on any atom is -0.457 e. The topological polar surface area (TPSA) is 19.0 Å². The van der Waals surface area contributed by atoms with Crippen molar-refractivity contribution in [2.24, 2.45) is 0 Å². The molecule has 1 unspecified atom stereocenters. The maximum Gasteiger partial charge on any atom is 0.252 e. The summed E-state index contributed by atoms with van der Waals surface area (Å²) in [6.45, 7) is 9.11. The zero-order valence-corrected chi connectivity index (χ0v) is 36.9. The third-order valence-corrected chi connectivity index (χ3v) is 14.2. The molecule has 1 atom stereocenters. The second-order valence-electron chi connectivity index (χ2n) is 18.5. The lowest BCUT2D eigenvalue weighted by molar-refractivity contribution is 0.418. The van der Waals surface area contributed by atoms with E-state index in [-0.39, 0.29) is 18.2 Å². The molecule has 0 bridgehead atoms. The number of para-hydroxylation sites is 2. The van der Waals surface area contributed by atoms with Crippen molar-refractivity contribution >= 4 is 74.2 Å². The summed E-state index contributed by atoms with van der Waals surface area (Å²) in [4.78, 5) is 7.56. The molecule has 0 fully saturated rings. The summed E-state index contributed by atoms with van der Waals surface area (Å²) in [5.41, 5.74) is 20.7. The minimum absolute atomic E-state index is 0.0474. The fourth-order valence-electron chi connectivity index (χ4n) is 11.0. The van der Waals surface area contributed by atoms with Crippen LogP contribution in [0.1, 0.15) is 62.3 Å². The van der Waals surface area contributed by atoms with Crippen LogP contribution in [-0.2, 0) is 5.41 Å². The zero-order valence-electron chi connectivity index (χ0n) is 36.9. The molecule has 2 aliphatic carbocycles. The van der Waals surface area contributed by atoms with E-state index >= 15 is 0 Å². The fourth-order valence-corrected chi connectivity index (χ4v) is 11.0. The summed E-state index contributed by atoms with van der Waals surface area (Å²) in [7, 11) is 0. The van der Waals surface area contributed by atoms with E-state index in [1.165, 1.54) is 72.5 Å². The van der Waals surface area contributed by atoms with Crippen LogP contribution in [0.25, 0.3) is 5.57 Å². The Kier molecular flexibility index (Phi) is 8.98. The van der Waals surface area contributed by atoms with Gasteiger partial charge in [-0.1, -0.05) is 134 Å². The second-order valence-corrected chi connectivity index (χ2v) is 18.5. The Morgan fingerprint density at radius 3 is 2.20 bits per heavy atom. The van der Waals surface area contributed by atoms with Crippen LogP contribution in [0, 0.1) is 6.92 Å². The molecule has 7 aromatic carbocycles. The summed E-state index contributed by atoms with van der Waals surface area (Å²) in [5.74, 6) is 1.83. The van der Waals surface area contributed by atoms with Crippen molar-refractivity contribution in [3.8, 4) is 11.5 Å². The van der Waals surface area contributed by atoms with Gasteiger partial charge >= 0.3 is 0 Å². The molecular weight excluding hydrogens is 777 g/mol. The lowest BCUT2D eigenvalue weighted by atomic mass is 9.33. The molecule has 5 heteroatoms. The molecular formula is C59H50BN3O. The summed E-state index contributed by atoms with van der Waals surface area (Å²) in [5, 5.41) is 0. The largest absolute Gasteiger partial charge is 0.457 e. The number of allylic oxidation sites excluding steroid dienone is 6. The number of ether oxygens (including phenoxy) is 1. The quantitative estimate of drug-likeness (QED) is 0.155. The van der Waals surface area contributed by atoms with Gasteiger partial charge in [-0.2, -0.15) is 0 Å². The average molecular weight is 828 g/mol. The van der Waals surface area contributed by atoms with Crippen molar-refractivity contribution in [2.75, 3.05) is 14.7 Å². The van der Waals surface area contributed by atoms with Gasteiger partial charge in [-0.05, 0) is 139 Å². The molecule has 4 nitrogen and oxygen atoms in total. The highest BCUT2D eigenvalue weighted by Gasteiger charge is 2.44. The number of hydrogen-bond donors (Lipinski definition) is 0. The first kappa shape index (κ1) is 38.4. The van der Waals surface area contributed by atoms with E-state index in [2.05, 4.69) is 231 Å². The zero-order chi connectivity index (χ0) is 43.1. The van der Waals surface area contributed by atoms with E-state index in [0.29, 0.717) is 0 Å². The van der Waals surface area contributed by atoms with Crippen LogP contribution in [0.15, 0.2) is 194 Å². The average Bonchev–Trinajstić information content (AvgIpc) is 3.33. The van der Waals surface area contributed by atoms with Crippen LogP contribution in [0.2, 0.25) is 0 Å². The van der Waals surface area contributed by atoms with E-state index in [1.807, 2.05) is 0 Å². The Hall–Kier alpha value is -7.24. The van der Waals surface area contributed by atoms with Gasteiger partial charge < -0.3 is 19.4 Å². The van der Waals surface area contributed by atoms with Crippen molar-refractivity contribution in [1.82, 2.24) is 0 Å². The van der Waals surface area contributed by atoms with Crippen molar-refractivity contribution < 1.29 is 4.74 Å². The van der Waals surface area contributed by atoms with Gasteiger partial charge in [0.15, 0.2) is 0 Å². The molecule has 0 spiro atoms. The van der Waals surface area contributed by atoms with Crippen LogP contribution in [-0.4, -0.2) is 12.8 Å². The monoisotopic (exact) mass is 827 g/mol. The van der Waals surface area contributed by atoms with Crippen molar-refractivity contribution in [3.05, 3.63) is 216 Å². The van der Waals surface area contributed by atoms with Crippen LogP contribution in [0.4, 0.5) is 45.5 Å². The van der Waals surface area contributed by atoms with Crippen molar-refractivity contribution in [3.63, 3.8) is 0 Å². The molecule has 0 amide bonds. The molecule has 0 saturated heterocycles. The van der Waals surface area contributed by atoms with Gasteiger partial charge in [-0.3, -0.25) is 0 Å². The summed E-state index contributed by atoms with van der Waals surface area (Å²) in [6, 6.07) is 56.7. The lowest BCUT2D eigenvalue weighted by Crippen LogP contribution is -2.62. The molecule has 0 radical (unpaired) electrons. The summed E-state index contributed by atoms with van der Waals surface area (Å²) < 4.78 is 6.56. The smallest absolute Gasteiger partial charge is 0.252 e. The number of rotatable bonds is 6. The van der Waals surface area contributed by atoms with Gasteiger partial charge in [0.2, 0.25) is 0 Å². The normalized spacial score (nSPS) is 17.2. The molecule has 7 aromatic rings. The standard InChI is InChI=1S/C59H50BN3O/c1-39-22-27-44(28-23-39)62-52-34-24-40(2)36-51(52)60-50-33-31-47(38-55(50)63(54-20-13-19-53(62)58(54)60)45-29-25-42(26-30-45)41-14-7-5-8-15-41)61(43-16-9-6-10-17-43)46-32-35-57-49(37-46)59(3,4)48-18-11-12-21-56(48)64-57/h6-7,9-27,29-38,44H,5,8,28H2,1-4H3. The molecule has 12 rings (SSSR count). The van der Waals surface area contributed by atoms with E-state index in [1.54, 1.807) is 0 Å². The summed E-state index contributed by atoms with van der Waals surface area (Å²) >= 11 is 0. The molecule has 64 heavy (non-hydrogen) atoms. The number of fused-ring (bicyclic) bond motifs is 6. The maximum atomic E-state index is 6.56. The van der Waals surface area contributed by atoms with Gasteiger partial charge in [0.05, 0.1) is 6.04 Å². The number of anilines is 8. The number of benzene rings is 7. The van der Waals surface area contributed by atoms with Crippen molar-refractivity contribution in [2.45, 2.75) is 58.4 Å². The third-order valence-electron chi connectivity index (χ3n) is 14.2. The Labute approximate surface area is 377 Å². The number of hydrogen-bond acceptors (Lipinski definition) is 4. The molecule has 3 heterocycles. The maximum absolute atomic E-state index is 6.56. The molecule has 0 saturated carbocycles. The Bertz CT molecular complexity index is 3140. The fraction of sp³-hybridized carbons (Fsp3) is 0.153. The van der Waals surface area contributed by atoms with E-state index in [9.17, 15) is 0 Å².